The second kappa shape index (κ2) is 6.09. The van der Waals surface area contributed by atoms with Crippen molar-refractivity contribution in [3.05, 3.63) is 35.8 Å². The third kappa shape index (κ3) is 2.90. The molecule has 2 aromatic heterocycles. The van der Waals surface area contributed by atoms with Gasteiger partial charge in [-0.1, -0.05) is 0 Å². The number of aromatic amines is 1. The number of nitrogens with zero attached hydrogens (tertiary/aromatic N) is 3. The molecule has 0 fully saturated rings. The maximum Gasteiger partial charge on any atom is 0.255 e. The second-order valence-electron chi connectivity index (χ2n) is 4.12. The number of aromatic nitrogens is 4. The predicted molar refractivity (Wildman–Crippen MR) is 70.6 cm³/mol. The number of hydrogen-bond acceptors (Lipinski definition) is 5. The van der Waals surface area contributed by atoms with Crippen molar-refractivity contribution in [2.75, 3.05) is 11.9 Å². The van der Waals surface area contributed by atoms with Crippen molar-refractivity contribution >= 4 is 11.7 Å². The number of halogens is 1. The fourth-order valence-corrected chi connectivity index (χ4v) is 1.68. The number of anilines is 1. The highest BCUT2D eigenvalue weighted by Gasteiger charge is 2.19. The van der Waals surface area contributed by atoms with Crippen molar-refractivity contribution in [1.82, 2.24) is 25.5 Å². The van der Waals surface area contributed by atoms with Gasteiger partial charge in [0.1, 0.15) is 12.2 Å². The van der Waals surface area contributed by atoms with Gasteiger partial charge in [0.05, 0.1) is 11.6 Å². The molecule has 0 aromatic carbocycles. The van der Waals surface area contributed by atoms with E-state index in [0.29, 0.717) is 12.4 Å². The smallest absolute Gasteiger partial charge is 0.255 e. The Labute approximate surface area is 115 Å². The zero-order valence-electron chi connectivity index (χ0n) is 11.1. The summed E-state index contributed by atoms with van der Waals surface area (Å²) in [6.45, 7) is 4.06. The number of pyridine rings is 1. The number of hydrogen-bond donors (Lipinski definition) is 3. The summed E-state index contributed by atoms with van der Waals surface area (Å²) < 4.78 is 14.1. The third-order valence-corrected chi connectivity index (χ3v) is 2.67. The number of nitrogens with one attached hydrogen (secondary N) is 3. The van der Waals surface area contributed by atoms with E-state index >= 15 is 0 Å². The lowest BCUT2D eigenvalue weighted by molar-refractivity contribution is 0.0934. The highest BCUT2D eigenvalue weighted by Crippen LogP contribution is 2.16. The Morgan fingerprint density at radius 1 is 1.50 bits per heavy atom. The molecule has 2 aromatic rings. The van der Waals surface area contributed by atoms with Crippen LogP contribution in [0, 0.1) is 5.82 Å². The normalized spacial score (nSPS) is 11.9. The number of carbonyl (C=O) groups excluding carboxylic acids is 1. The molecule has 0 saturated heterocycles. The van der Waals surface area contributed by atoms with E-state index in [1.165, 1.54) is 18.6 Å². The van der Waals surface area contributed by atoms with Crippen molar-refractivity contribution in [2.24, 2.45) is 0 Å². The Kier molecular flexibility index (Phi) is 4.24. The molecule has 106 valence electrons. The molecule has 0 aliphatic carbocycles. The Bertz CT molecular complexity index is 586. The van der Waals surface area contributed by atoms with Crippen LogP contribution in [0.25, 0.3) is 0 Å². The Morgan fingerprint density at radius 2 is 2.30 bits per heavy atom. The molecule has 8 heteroatoms. The summed E-state index contributed by atoms with van der Waals surface area (Å²) >= 11 is 0. The highest BCUT2D eigenvalue weighted by molar-refractivity contribution is 5.95. The first-order valence-corrected chi connectivity index (χ1v) is 6.18. The molecule has 0 radical (unpaired) electrons. The van der Waals surface area contributed by atoms with Gasteiger partial charge in [-0.15, -0.1) is 0 Å². The van der Waals surface area contributed by atoms with Crippen molar-refractivity contribution in [1.29, 1.82) is 0 Å². The Morgan fingerprint density at radius 3 is 2.95 bits per heavy atom. The van der Waals surface area contributed by atoms with Crippen LogP contribution in [0.3, 0.4) is 0 Å². The molecule has 7 nitrogen and oxygen atoms in total. The minimum absolute atomic E-state index is 0.0625. The number of carbonyl (C=O) groups is 1. The van der Waals surface area contributed by atoms with Crippen LogP contribution in [0.4, 0.5) is 10.2 Å². The topological polar surface area (TPSA) is 95.6 Å². The molecule has 0 aliphatic heterocycles. The van der Waals surface area contributed by atoms with Gasteiger partial charge in [0.15, 0.2) is 11.6 Å². The van der Waals surface area contributed by atoms with Gasteiger partial charge in [-0.2, -0.15) is 5.10 Å². The van der Waals surface area contributed by atoms with Crippen LogP contribution in [0.5, 0.6) is 0 Å². The molecule has 1 unspecified atom stereocenters. The SMILES string of the molecule is CCNc1nccc(C(=O)NC(C)c2ncn[nH]2)c1F. The minimum atomic E-state index is -0.670. The third-order valence-electron chi connectivity index (χ3n) is 2.67. The van der Waals surface area contributed by atoms with E-state index in [0.717, 1.165) is 0 Å². The summed E-state index contributed by atoms with van der Waals surface area (Å²) in [6.07, 6.45) is 2.73. The zero-order valence-corrected chi connectivity index (χ0v) is 11.1. The lowest BCUT2D eigenvalue weighted by Gasteiger charge is -2.12. The van der Waals surface area contributed by atoms with E-state index in [2.05, 4.69) is 30.8 Å². The standard InChI is InChI=1S/C12H15FN6O/c1-3-14-11-9(13)8(4-5-15-11)12(20)18-7(2)10-16-6-17-19-10/h4-7H,3H2,1-2H3,(H,14,15)(H,18,20)(H,16,17,19). The van der Waals surface area contributed by atoms with E-state index in [9.17, 15) is 9.18 Å². The summed E-state index contributed by atoms with van der Waals surface area (Å²) in [5.41, 5.74) is -0.0673. The van der Waals surface area contributed by atoms with Gasteiger partial charge in [0.2, 0.25) is 0 Å². The lowest BCUT2D eigenvalue weighted by atomic mass is 10.2. The number of amides is 1. The largest absolute Gasteiger partial charge is 0.368 e. The Hall–Kier alpha value is -2.51. The minimum Gasteiger partial charge on any atom is -0.368 e. The van der Waals surface area contributed by atoms with E-state index in [-0.39, 0.29) is 11.4 Å². The van der Waals surface area contributed by atoms with E-state index < -0.39 is 17.8 Å². The summed E-state index contributed by atoms with van der Waals surface area (Å²) in [6, 6.07) is 0.929. The van der Waals surface area contributed by atoms with Crippen molar-refractivity contribution < 1.29 is 9.18 Å². The van der Waals surface area contributed by atoms with Gasteiger partial charge in [-0.25, -0.2) is 14.4 Å². The van der Waals surface area contributed by atoms with Gasteiger partial charge < -0.3 is 10.6 Å². The molecule has 3 N–H and O–H groups in total. The van der Waals surface area contributed by atoms with Gasteiger partial charge in [0, 0.05) is 12.7 Å². The van der Waals surface area contributed by atoms with Gasteiger partial charge in [-0.05, 0) is 19.9 Å². The quantitative estimate of drug-likeness (QED) is 0.765. The van der Waals surface area contributed by atoms with Gasteiger partial charge in [0.25, 0.3) is 5.91 Å². The maximum absolute atomic E-state index is 14.1. The van der Waals surface area contributed by atoms with Gasteiger partial charge >= 0.3 is 0 Å². The summed E-state index contributed by atoms with van der Waals surface area (Å²) in [4.78, 5) is 19.8. The van der Waals surface area contributed by atoms with Crippen LogP contribution >= 0.6 is 0 Å². The number of H-pyrrole nitrogens is 1. The summed E-state index contributed by atoms with van der Waals surface area (Å²) in [5, 5.41) is 11.7. The average molecular weight is 278 g/mol. The summed E-state index contributed by atoms with van der Waals surface area (Å²) in [5.74, 6) is -0.642. The van der Waals surface area contributed by atoms with Crippen LogP contribution in [0.15, 0.2) is 18.6 Å². The molecule has 1 atom stereocenters. The maximum atomic E-state index is 14.1. The van der Waals surface area contributed by atoms with E-state index in [4.69, 9.17) is 0 Å². The molecule has 2 rings (SSSR count). The first-order chi connectivity index (χ1) is 9.63. The van der Waals surface area contributed by atoms with Crippen molar-refractivity contribution in [3.63, 3.8) is 0 Å². The lowest BCUT2D eigenvalue weighted by Crippen LogP contribution is -2.28. The molecule has 0 aliphatic rings. The van der Waals surface area contributed by atoms with E-state index in [1.54, 1.807) is 6.92 Å². The monoisotopic (exact) mass is 278 g/mol. The van der Waals surface area contributed by atoms with Crippen LogP contribution in [-0.2, 0) is 0 Å². The fourth-order valence-electron chi connectivity index (χ4n) is 1.68. The van der Waals surface area contributed by atoms with Crippen LogP contribution < -0.4 is 10.6 Å². The zero-order chi connectivity index (χ0) is 14.5. The van der Waals surface area contributed by atoms with Crippen LogP contribution in [0.2, 0.25) is 0 Å². The first-order valence-electron chi connectivity index (χ1n) is 6.18. The van der Waals surface area contributed by atoms with E-state index in [1.807, 2.05) is 6.92 Å². The molecular formula is C12H15FN6O. The van der Waals surface area contributed by atoms with Crippen LogP contribution in [-0.4, -0.2) is 32.6 Å². The summed E-state index contributed by atoms with van der Waals surface area (Å²) in [7, 11) is 0. The molecule has 0 spiro atoms. The second-order valence-corrected chi connectivity index (χ2v) is 4.12. The molecule has 1 amide bonds. The fraction of sp³-hybridized carbons (Fsp3) is 0.333. The molecule has 0 bridgehead atoms. The van der Waals surface area contributed by atoms with Gasteiger partial charge in [-0.3, -0.25) is 9.89 Å². The number of rotatable bonds is 5. The van der Waals surface area contributed by atoms with Crippen molar-refractivity contribution in [2.45, 2.75) is 19.9 Å². The average Bonchev–Trinajstić information content (AvgIpc) is 2.95. The van der Waals surface area contributed by atoms with Crippen molar-refractivity contribution in [3.8, 4) is 0 Å². The molecule has 2 heterocycles. The first kappa shape index (κ1) is 13.9. The predicted octanol–water partition coefficient (Wildman–Crippen LogP) is 1.26. The molecule has 0 saturated carbocycles. The Balaban J connectivity index is 2.15. The highest BCUT2D eigenvalue weighted by atomic mass is 19.1. The van der Waals surface area contributed by atoms with Crippen LogP contribution in [0.1, 0.15) is 36.1 Å². The molecule has 20 heavy (non-hydrogen) atoms. The molecular weight excluding hydrogens is 263 g/mol.